The van der Waals surface area contributed by atoms with Crippen LogP contribution in [0.1, 0.15) is 18.2 Å². The summed E-state index contributed by atoms with van der Waals surface area (Å²) in [5, 5.41) is 0. The van der Waals surface area contributed by atoms with Crippen molar-refractivity contribution in [3.05, 3.63) is 35.9 Å². The minimum atomic E-state index is -0.0695. The smallest absolute Gasteiger partial charge is 0.173 e. The Bertz CT molecular complexity index is 268. The van der Waals surface area contributed by atoms with E-state index in [2.05, 4.69) is 4.99 Å². The quantitative estimate of drug-likeness (QED) is 0.618. The Morgan fingerprint density at radius 2 is 2.08 bits per heavy atom. The number of aliphatic imine (C=N–C) groups is 1. The Hall–Kier alpha value is -1.15. The third kappa shape index (κ3) is 1.53. The molecule has 2 rings (SSSR count). The summed E-state index contributed by atoms with van der Waals surface area (Å²) in [5.41, 5.74) is 1.13. The molecule has 1 aliphatic heterocycles. The largest absolute Gasteiger partial charge is 0.352 e. The van der Waals surface area contributed by atoms with Crippen molar-refractivity contribution in [1.82, 2.24) is 0 Å². The first kappa shape index (κ1) is 7.50. The van der Waals surface area contributed by atoms with Gasteiger partial charge in [0, 0.05) is 18.2 Å². The van der Waals surface area contributed by atoms with Crippen LogP contribution in [0.3, 0.4) is 0 Å². The maximum atomic E-state index is 5.47. The molecule has 0 fully saturated rings. The van der Waals surface area contributed by atoms with E-state index in [1.54, 1.807) is 0 Å². The van der Waals surface area contributed by atoms with E-state index in [0.717, 1.165) is 18.6 Å². The maximum Gasteiger partial charge on any atom is 0.173 e. The molecule has 1 aromatic carbocycles. The van der Waals surface area contributed by atoms with Gasteiger partial charge in [-0.15, -0.1) is 0 Å². The lowest BCUT2D eigenvalue weighted by Gasteiger charge is -2.16. The van der Waals surface area contributed by atoms with Gasteiger partial charge in [0.05, 0.1) is 6.61 Å². The Kier molecular flexibility index (Phi) is 2.19. The molecule has 62 valence electrons. The lowest BCUT2D eigenvalue weighted by molar-refractivity contribution is 0.0565. The number of nitrogens with zero attached hydrogens (tertiary/aromatic N) is 1. The lowest BCUT2D eigenvalue weighted by atomic mass is 10.2. The number of benzene rings is 1. The Labute approximate surface area is 71.9 Å². The van der Waals surface area contributed by atoms with E-state index in [1.165, 1.54) is 0 Å². The Morgan fingerprint density at radius 3 is 2.75 bits per heavy atom. The molecule has 0 radical (unpaired) electrons. The molecule has 2 nitrogen and oxygen atoms in total. The number of rotatable bonds is 1. The first-order valence-electron chi connectivity index (χ1n) is 4.15. The molecule has 1 aliphatic rings. The van der Waals surface area contributed by atoms with Gasteiger partial charge in [-0.05, 0) is 0 Å². The zero-order chi connectivity index (χ0) is 8.23. The highest BCUT2D eigenvalue weighted by molar-refractivity contribution is 5.58. The highest BCUT2D eigenvalue weighted by atomic mass is 16.5. The fourth-order valence-corrected chi connectivity index (χ4v) is 1.25. The summed E-state index contributed by atoms with van der Waals surface area (Å²) >= 11 is 0. The minimum absolute atomic E-state index is 0.0695. The average Bonchev–Trinajstić information content (AvgIpc) is 2.21. The van der Waals surface area contributed by atoms with Crippen molar-refractivity contribution in [2.75, 3.05) is 6.61 Å². The van der Waals surface area contributed by atoms with Crippen LogP contribution >= 0.6 is 0 Å². The van der Waals surface area contributed by atoms with Gasteiger partial charge < -0.3 is 4.74 Å². The standard InChI is InChI=1S/C10H11NO/c1-2-5-9(6-3-1)10-11-7-4-8-12-10/h1-3,5-7,10H,4,8H2. The van der Waals surface area contributed by atoms with Crippen molar-refractivity contribution < 1.29 is 4.74 Å². The first-order valence-corrected chi connectivity index (χ1v) is 4.15. The molecular weight excluding hydrogens is 150 g/mol. The van der Waals surface area contributed by atoms with Gasteiger partial charge in [0.1, 0.15) is 0 Å². The molecule has 0 spiro atoms. The van der Waals surface area contributed by atoms with Crippen molar-refractivity contribution in [2.24, 2.45) is 4.99 Å². The van der Waals surface area contributed by atoms with Gasteiger partial charge in [0.2, 0.25) is 0 Å². The molecule has 1 heterocycles. The van der Waals surface area contributed by atoms with Crippen LogP contribution in [-0.2, 0) is 4.74 Å². The predicted molar refractivity (Wildman–Crippen MR) is 48.2 cm³/mol. The zero-order valence-electron chi connectivity index (χ0n) is 6.81. The van der Waals surface area contributed by atoms with Crippen LogP contribution in [0.25, 0.3) is 0 Å². The second-order valence-electron chi connectivity index (χ2n) is 2.75. The van der Waals surface area contributed by atoms with Gasteiger partial charge in [-0.1, -0.05) is 30.3 Å². The third-order valence-corrected chi connectivity index (χ3v) is 1.85. The van der Waals surface area contributed by atoms with Crippen LogP contribution in [0.2, 0.25) is 0 Å². The summed E-state index contributed by atoms with van der Waals surface area (Å²) in [6.07, 6.45) is 2.80. The van der Waals surface area contributed by atoms with Crippen molar-refractivity contribution in [3.8, 4) is 0 Å². The highest BCUT2D eigenvalue weighted by Crippen LogP contribution is 2.20. The predicted octanol–water partition coefficient (Wildman–Crippen LogP) is 2.18. The molecular formula is C10H11NO. The second-order valence-corrected chi connectivity index (χ2v) is 2.75. The first-order chi connectivity index (χ1) is 5.97. The number of ether oxygens (including phenoxy) is 1. The van der Waals surface area contributed by atoms with Gasteiger partial charge in [-0.3, -0.25) is 4.99 Å². The highest BCUT2D eigenvalue weighted by Gasteiger charge is 2.10. The van der Waals surface area contributed by atoms with Crippen molar-refractivity contribution in [1.29, 1.82) is 0 Å². The van der Waals surface area contributed by atoms with Crippen molar-refractivity contribution in [2.45, 2.75) is 12.6 Å². The third-order valence-electron chi connectivity index (χ3n) is 1.85. The van der Waals surface area contributed by atoms with E-state index in [-0.39, 0.29) is 6.23 Å². The van der Waals surface area contributed by atoms with Crippen LogP contribution in [0.15, 0.2) is 35.3 Å². The lowest BCUT2D eigenvalue weighted by Crippen LogP contribution is -2.08. The molecule has 0 amide bonds. The van der Waals surface area contributed by atoms with Crippen LogP contribution in [0.4, 0.5) is 0 Å². The van der Waals surface area contributed by atoms with Gasteiger partial charge in [0.15, 0.2) is 6.23 Å². The maximum absolute atomic E-state index is 5.47. The topological polar surface area (TPSA) is 21.6 Å². The molecule has 0 saturated heterocycles. The fraction of sp³-hybridized carbons (Fsp3) is 0.300. The monoisotopic (exact) mass is 161 g/mol. The van der Waals surface area contributed by atoms with E-state index in [4.69, 9.17) is 4.74 Å². The van der Waals surface area contributed by atoms with Gasteiger partial charge in [-0.25, -0.2) is 0 Å². The van der Waals surface area contributed by atoms with E-state index in [9.17, 15) is 0 Å². The van der Waals surface area contributed by atoms with Crippen LogP contribution < -0.4 is 0 Å². The minimum Gasteiger partial charge on any atom is -0.352 e. The van der Waals surface area contributed by atoms with E-state index >= 15 is 0 Å². The molecule has 0 N–H and O–H groups in total. The fourth-order valence-electron chi connectivity index (χ4n) is 1.25. The van der Waals surface area contributed by atoms with Gasteiger partial charge >= 0.3 is 0 Å². The Morgan fingerprint density at radius 1 is 1.25 bits per heavy atom. The van der Waals surface area contributed by atoms with E-state index < -0.39 is 0 Å². The summed E-state index contributed by atoms with van der Waals surface area (Å²) in [7, 11) is 0. The van der Waals surface area contributed by atoms with Gasteiger partial charge in [0.25, 0.3) is 0 Å². The van der Waals surface area contributed by atoms with E-state index in [1.807, 2.05) is 36.5 Å². The molecule has 0 aliphatic carbocycles. The van der Waals surface area contributed by atoms with Crippen LogP contribution in [0.5, 0.6) is 0 Å². The summed E-state index contributed by atoms with van der Waals surface area (Å²) < 4.78 is 5.47. The number of hydrogen-bond donors (Lipinski definition) is 0. The zero-order valence-corrected chi connectivity index (χ0v) is 6.81. The Balaban J connectivity index is 2.19. The molecule has 1 aromatic rings. The summed E-state index contributed by atoms with van der Waals surface area (Å²) in [4.78, 5) is 4.25. The summed E-state index contributed by atoms with van der Waals surface area (Å²) in [5.74, 6) is 0. The van der Waals surface area contributed by atoms with E-state index in [0.29, 0.717) is 0 Å². The number of hydrogen-bond acceptors (Lipinski definition) is 2. The molecule has 0 saturated carbocycles. The van der Waals surface area contributed by atoms with Crippen molar-refractivity contribution in [3.63, 3.8) is 0 Å². The molecule has 2 heteroatoms. The average molecular weight is 161 g/mol. The molecule has 1 atom stereocenters. The molecule has 1 unspecified atom stereocenters. The van der Waals surface area contributed by atoms with Gasteiger partial charge in [-0.2, -0.15) is 0 Å². The summed E-state index contributed by atoms with van der Waals surface area (Å²) in [6.45, 7) is 0.781. The van der Waals surface area contributed by atoms with Crippen molar-refractivity contribution >= 4 is 6.21 Å². The van der Waals surface area contributed by atoms with Crippen LogP contribution in [-0.4, -0.2) is 12.8 Å². The van der Waals surface area contributed by atoms with Crippen LogP contribution in [0, 0.1) is 0 Å². The summed E-state index contributed by atoms with van der Waals surface area (Å²) in [6, 6.07) is 10.1. The molecule has 12 heavy (non-hydrogen) atoms. The molecule has 0 bridgehead atoms. The normalized spacial score (nSPS) is 22.5. The molecule has 0 aromatic heterocycles. The SMILES string of the molecule is C1=NC(c2ccccc2)OCC1. The second kappa shape index (κ2) is 3.50.